The lowest BCUT2D eigenvalue weighted by atomic mass is 10.0. The molecule has 1 heteroatoms. The highest BCUT2D eigenvalue weighted by molar-refractivity contribution is 5.98. The second kappa shape index (κ2) is 5.97. The Kier molecular flexibility index (Phi) is 3.30. The molecule has 0 unspecified atom stereocenters. The summed E-state index contributed by atoms with van der Waals surface area (Å²) in [4.78, 5) is 0. The van der Waals surface area contributed by atoms with E-state index in [1.807, 2.05) is 0 Å². The average molecular weight is 358 g/mol. The van der Waals surface area contributed by atoms with Gasteiger partial charge in [-0.3, -0.25) is 0 Å². The molecule has 6 rings (SSSR count). The fourth-order valence-corrected chi connectivity index (χ4v) is 4.33. The van der Waals surface area contributed by atoms with Gasteiger partial charge in [0.2, 0.25) is 0 Å². The van der Waals surface area contributed by atoms with Crippen LogP contribution in [0.25, 0.3) is 32.7 Å². The Balaban J connectivity index is 1.42. The molecule has 0 atom stereocenters. The summed E-state index contributed by atoms with van der Waals surface area (Å²) in [6.45, 7) is 0. The number of ether oxygens (including phenoxy) is 1. The van der Waals surface area contributed by atoms with Crippen molar-refractivity contribution in [2.45, 2.75) is 6.42 Å². The predicted molar refractivity (Wildman–Crippen MR) is 116 cm³/mol. The molecule has 28 heavy (non-hydrogen) atoms. The Morgan fingerprint density at radius 2 is 1.25 bits per heavy atom. The molecular formula is C27H18O. The van der Waals surface area contributed by atoms with Gasteiger partial charge in [0, 0.05) is 12.0 Å². The molecule has 0 saturated carbocycles. The van der Waals surface area contributed by atoms with Crippen LogP contribution in [0.5, 0.6) is 11.5 Å². The van der Waals surface area contributed by atoms with Gasteiger partial charge < -0.3 is 4.74 Å². The minimum atomic E-state index is 0.882. The van der Waals surface area contributed by atoms with E-state index in [1.54, 1.807) is 0 Å². The van der Waals surface area contributed by atoms with E-state index < -0.39 is 0 Å². The molecule has 1 aliphatic carbocycles. The highest BCUT2D eigenvalue weighted by atomic mass is 16.5. The zero-order valence-electron chi connectivity index (χ0n) is 15.4. The van der Waals surface area contributed by atoms with E-state index in [9.17, 15) is 0 Å². The topological polar surface area (TPSA) is 9.23 Å². The van der Waals surface area contributed by atoms with Crippen LogP contribution in [-0.2, 0) is 6.42 Å². The van der Waals surface area contributed by atoms with Gasteiger partial charge in [-0.2, -0.15) is 0 Å². The second-order valence-corrected chi connectivity index (χ2v) is 7.43. The van der Waals surface area contributed by atoms with Crippen molar-refractivity contribution in [3.05, 3.63) is 108 Å². The summed E-state index contributed by atoms with van der Waals surface area (Å²) in [6.07, 6.45) is 0.930. The summed E-state index contributed by atoms with van der Waals surface area (Å²) in [5, 5.41) is 4.95. The van der Waals surface area contributed by atoms with Gasteiger partial charge >= 0.3 is 0 Å². The van der Waals surface area contributed by atoms with E-state index in [1.165, 1.54) is 43.8 Å². The van der Waals surface area contributed by atoms with Crippen LogP contribution in [0, 0.1) is 0 Å². The number of rotatable bonds is 2. The van der Waals surface area contributed by atoms with Crippen molar-refractivity contribution < 1.29 is 4.74 Å². The zero-order chi connectivity index (χ0) is 18.5. The standard InChI is InChI=1S/C27H18O/c1-2-7-19-15-22-16-23(13-12-20(22)14-18(19)6-1)28-27-11-5-10-25-24-9-4-3-8-21(24)17-26(25)27/h1-16H,17H2. The maximum absolute atomic E-state index is 6.37. The Morgan fingerprint density at radius 3 is 2.14 bits per heavy atom. The smallest absolute Gasteiger partial charge is 0.131 e. The van der Waals surface area contributed by atoms with Crippen LogP contribution in [0.1, 0.15) is 11.1 Å². The minimum absolute atomic E-state index is 0.882. The summed E-state index contributed by atoms with van der Waals surface area (Å²) in [5.74, 6) is 1.83. The molecule has 0 aliphatic heterocycles. The lowest BCUT2D eigenvalue weighted by Crippen LogP contribution is -1.90. The Bertz CT molecular complexity index is 1360. The lowest BCUT2D eigenvalue weighted by Gasteiger charge is -2.12. The number of hydrogen-bond acceptors (Lipinski definition) is 1. The van der Waals surface area contributed by atoms with Crippen LogP contribution in [0.15, 0.2) is 97.1 Å². The van der Waals surface area contributed by atoms with E-state index in [0.717, 1.165) is 17.9 Å². The fourth-order valence-electron chi connectivity index (χ4n) is 4.33. The lowest BCUT2D eigenvalue weighted by molar-refractivity contribution is 0.479. The number of fused-ring (bicyclic) bond motifs is 5. The van der Waals surface area contributed by atoms with Crippen molar-refractivity contribution in [1.29, 1.82) is 0 Å². The van der Waals surface area contributed by atoms with Crippen LogP contribution in [0.4, 0.5) is 0 Å². The summed E-state index contributed by atoms with van der Waals surface area (Å²) in [7, 11) is 0. The first-order valence-electron chi connectivity index (χ1n) is 9.66. The Labute approximate surface area is 163 Å². The van der Waals surface area contributed by atoms with E-state index in [0.29, 0.717) is 0 Å². The van der Waals surface area contributed by atoms with Gasteiger partial charge in [-0.25, -0.2) is 0 Å². The first-order chi connectivity index (χ1) is 13.8. The van der Waals surface area contributed by atoms with E-state index in [-0.39, 0.29) is 0 Å². The maximum atomic E-state index is 6.37. The first-order valence-corrected chi connectivity index (χ1v) is 9.66. The largest absolute Gasteiger partial charge is 0.457 e. The Hall–Kier alpha value is -3.58. The van der Waals surface area contributed by atoms with E-state index >= 15 is 0 Å². The molecule has 0 fully saturated rings. The third-order valence-electron chi connectivity index (χ3n) is 5.71. The van der Waals surface area contributed by atoms with Crippen molar-refractivity contribution >= 4 is 21.5 Å². The van der Waals surface area contributed by atoms with Crippen LogP contribution in [0.2, 0.25) is 0 Å². The summed E-state index contributed by atoms with van der Waals surface area (Å²) < 4.78 is 6.37. The predicted octanol–water partition coefficient (Wildman–Crippen LogP) is 7.36. The summed E-state index contributed by atoms with van der Waals surface area (Å²) in [5.41, 5.74) is 5.27. The highest BCUT2D eigenvalue weighted by Gasteiger charge is 2.21. The quantitative estimate of drug-likeness (QED) is 0.294. The van der Waals surface area contributed by atoms with Gasteiger partial charge in [-0.05, 0) is 68.6 Å². The fraction of sp³-hybridized carbons (Fsp3) is 0.0370. The third-order valence-corrected chi connectivity index (χ3v) is 5.71. The van der Waals surface area contributed by atoms with Crippen molar-refractivity contribution in [2.24, 2.45) is 0 Å². The van der Waals surface area contributed by atoms with Crippen LogP contribution in [0.3, 0.4) is 0 Å². The molecule has 1 nitrogen and oxygen atoms in total. The highest BCUT2D eigenvalue weighted by Crippen LogP contribution is 2.42. The van der Waals surface area contributed by atoms with Crippen molar-refractivity contribution in [1.82, 2.24) is 0 Å². The Morgan fingerprint density at radius 1 is 0.536 bits per heavy atom. The van der Waals surface area contributed by atoms with Crippen LogP contribution < -0.4 is 4.74 Å². The summed E-state index contributed by atoms with van der Waals surface area (Å²) >= 11 is 0. The normalized spacial score (nSPS) is 12.1. The number of hydrogen-bond donors (Lipinski definition) is 0. The molecule has 0 bridgehead atoms. The molecule has 0 aromatic heterocycles. The van der Waals surface area contributed by atoms with Crippen LogP contribution >= 0.6 is 0 Å². The molecule has 0 N–H and O–H groups in total. The van der Waals surface area contributed by atoms with Gasteiger partial charge in [0.25, 0.3) is 0 Å². The van der Waals surface area contributed by atoms with Gasteiger partial charge in [0.1, 0.15) is 11.5 Å². The molecule has 0 amide bonds. The van der Waals surface area contributed by atoms with Gasteiger partial charge in [0.05, 0.1) is 0 Å². The third kappa shape index (κ3) is 2.40. The van der Waals surface area contributed by atoms with Gasteiger partial charge in [-0.1, -0.05) is 66.7 Å². The van der Waals surface area contributed by atoms with E-state index in [4.69, 9.17) is 4.74 Å². The molecule has 132 valence electrons. The molecule has 0 spiro atoms. The van der Waals surface area contributed by atoms with Crippen molar-refractivity contribution in [3.8, 4) is 22.6 Å². The molecule has 5 aromatic rings. The van der Waals surface area contributed by atoms with Crippen molar-refractivity contribution in [3.63, 3.8) is 0 Å². The zero-order valence-corrected chi connectivity index (χ0v) is 15.4. The molecule has 5 aromatic carbocycles. The SMILES string of the molecule is c1ccc2c(c1)Cc1c(Oc3ccc4cc5ccccc5cc4c3)cccc1-2. The van der Waals surface area contributed by atoms with Gasteiger partial charge in [-0.15, -0.1) is 0 Å². The van der Waals surface area contributed by atoms with Gasteiger partial charge in [0.15, 0.2) is 0 Å². The van der Waals surface area contributed by atoms with Crippen molar-refractivity contribution in [2.75, 3.05) is 0 Å². The van der Waals surface area contributed by atoms with Crippen LogP contribution in [-0.4, -0.2) is 0 Å². The molecule has 0 saturated heterocycles. The maximum Gasteiger partial charge on any atom is 0.131 e. The molecule has 0 heterocycles. The summed E-state index contributed by atoms with van der Waals surface area (Å²) in [6, 6.07) is 34.3. The number of benzene rings is 5. The molecule has 1 aliphatic rings. The minimum Gasteiger partial charge on any atom is -0.457 e. The molecular weight excluding hydrogens is 340 g/mol. The average Bonchev–Trinajstić information content (AvgIpc) is 3.12. The second-order valence-electron chi connectivity index (χ2n) is 7.43. The first kappa shape index (κ1) is 15.5. The molecule has 0 radical (unpaired) electrons. The van der Waals surface area contributed by atoms with E-state index in [2.05, 4.69) is 97.1 Å². The monoisotopic (exact) mass is 358 g/mol.